The Labute approximate surface area is 99.8 Å². The Balaban J connectivity index is 2.07. The van der Waals surface area contributed by atoms with Crippen LogP contribution >= 0.6 is 0 Å². The smallest absolute Gasteiger partial charge is 0.123 e. The number of nitrogen functional groups attached to an aromatic ring is 1. The molecule has 0 bridgehead atoms. The molecule has 0 spiro atoms. The van der Waals surface area contributed by atoms with E-state index >= 15 is 0 Å². The molecule has 0 aliphatic carbocycles. The van der Waals surface area contributed by atoms with Crippen LogP contribution in [0.5, 0.6) is 5.75 Å². The molecular weight excluding hydrogens is 217 g/mol. The van der Waals surface area contributed by atoms with E-state index in [-0.39, 0.29) is 5.82 Å². The molecule has 0 fully saturated rings. The van der Waals surface area contributed by atoms with Crippen molar-refractivity contribution in [1.82, 2.24) is 0 Å². The minimum Gasteiger partial charge on any atom is -0.489 e. The van der Waals surface area contributed by atoms with Gasteiger partial charge < -0.3 is 10.5 Å². The Bertz CT molecular complexity index is 508. The van der Waals surface area contributed by atoms with Crippen molar-refractivity contribution in [3.63, 3.8) is 0 Å². The molecule has 0 aromatic heterocycles. The van der Waals surface area contributed by atoms with Gasteiger partial charge in [-0.15, -0.1) is 0 Å². The van der Waals surface area contributed by atoms with E-state index in [2.05, 4.69) is 0 Å². The second kappa shape index (κ2) is 4.87. The van der Waals surface area contributed by atoms with Gasteiger partial charge in [0.2, 0.25) is 0 Å². The fourth-order valence-corrected chi connectivity index (χ4v) is 1.55. The Kier molecular flexibility index (Phi) is 3.28. The third kappa shape index (κ3) is 2.75. The summed E-state index contributed by atoms with van der Waals surface area (Å²) in [6.45, 7) is 2.39. The van der Waals surface area contributed by atoms with Crippen LogP contribution in [0.1, 0.15) is 11.1 Å². The van der Waals surface area contributed by atoms with Crippen molar-refractivity contribution >= 4 is 5.69 Å². The largest absolute Gasteiger partial charge is 0.489 e. The molecule has 0 aliphatic rings. The lowest BCUT2D eigenvalue weighted by Gasteiger charge is -2.10. The Morgan fingerprint density at radius 2 is 1.82 bits per heavy atom. The summed E-state index contributed by atoms with van der Waals surface area (Å²) in [5.74, 6) is 0.380. The van der Waals surface area contributed by atoms with Gasteiger partial charge in [0.25, 0.3) is 0 Å². The maximum absolute atomic E-state index is 12.7. The summed E-state index contributed by atoms with van der Waals surface area (Å²) in [4.78, 5) is 0. The number of halogens is 1. The third-order valence-corrected chi connectivity index (χ3v) is 2.70. The van der Waals surface area contributed by atoms with E-state index in [1.165, 1.54) is 12.1 Å². The molecule has 2 rings (SSSR count). The van der Waals surface area contributed by atoms with Crippen molar-refractivity contribution < 1.29 is 9.13 Å². The van der Waals surface area contributed by atoms with E-state index in [0.29, 0.717) is 12.4 Å². The average Bonchev–Trinajstić information content (AvgIpc) is 2.33. The fourth-order valence-electron chi connectivity index (χ4n) is 1.55. The van der Waals surface area contributed by atoms with Gasteiger partial charge in [-0.3, -0.25) is 0 Å². The third-order valence-electron chi connectivity index (χ3n) is 2.70. The van der Waals surface area contributed by atoms with E-state index in [4.69, 9.17) is 10.5 Å². The normalized spacial score (nSPS) is 10.2. The van der Waals surface area contributed by atoms with Crippen LogP contribution in [0.4, 0.5) is 10.1 Å². The van der Waals surface area contributed by atoms with Gasteiger partial charge in [0.1, 0.15) is 18.2 Å². The summed E-state index contributed by atoms with van der Waals surface area (Å²) in [6.07, 6.45) is 0. The Morgan fingerprint density at radius 3 is 2.53 bits per heavy atom. The quantitative estimate of drug-likeness (QED) is 0.822. The van der Waals surface area contributed by atoms with Gasteiger partial charge in [-0.25, -0.2) is 4.39 Å². The lowest BCUT2D eigenvalue weighted by molar-refractivity contribution is 0.305. The zero-order chi connectivity index (χ0) is 12.3. The predicted octanol–water partition coefficient (Wildman–Crippen LogP) is 3.30. The summed E-state index contributed by atoms with van der Waals surface area (Å²) in [7, 11) is 0. The lowest BCUT2D eigenvalue weighted by atomic mass is 10.1. The number of benzene rings is 2. The van der Waals surface area contributed by atoms with Crippen LogP contribution in [0.15, 0.2) is 42.5 Å². The highest BCUT2D eigenvalue weighted by Crippen LogP contribution is 2.18. The van der Waals surface area contributed by atoms with Gasteiger partial charge >= 0.3 is 0 Å². The van der Waals surface area contributed by atoms with Crippen molar-refractivity contribution in [2.24, 2.45) is 0 Å². The lowest BCUT2D eigenvalue weighted by Crippen LogP contribution is -2.00. The van der Waals surface area contributed by atoms with Crippen molar-refractivity contribution in [1.29, 1.82) is 0 Å². The van der Waals surface area contributed by atoms with Gasteiger partial charge in [0.15, 0.2) is 0 Å². The number of hydrogen-bond acceptors (Lipinski definition) is 2. The van der Waals surface area contributed by atoms with E-state index < -0.39 is 0 Å². The standard InChI is InChI=1S/C14H14FNO/c1-10-11(3-2-4-14(10)16)9-17-13-7-5-12(15)6-8-13/h2-8H,9,16H2,1H3. The SMILES string of the molecule is Cc1c(N)cccc1COc1ccc(F)cc1. The van der Waals surface area contributed by atoms with Crippen molar-refractivity contribution in [2.45, 2.75) is 13.5 Å². The van der Waals surface area contributed by atoms with Gasteiger partial charge in [0.05, 0.1) is 0 Å². The highest BCUT2D eigenvalue weighted by Gasteiger charge is 2.02. The highest BCUT2D eigenvalue weighted by atomic mass is 19.1. The molecule has 0 radical (unpaired) electrons. The molecule has 2 N–H and O–H groups in total. The molecule has 0 unspecified atom stereocenters. The Hall–Kier alpha value is -2.03. The van der Waals surface area contributed by atoms with Crippen molar-refractivity contribution in [2.75, 3.05) is 5.73 Å². The average molecular weight is 231 g/mol. The van der Waals surface area contributed by atoms with E-state index in [1.54, 1.807) is 12.1 Å². The number of nitrogens with two attached hydrogens (primary N) is 1. The summed E-state index contributed by atoms with van der Waals surface area (Å²) in [6, 6.07) is 11.7. The van der Waals surface area contributed by atoms with Gasteiger partial charge in [-0.1, -0.05) is 12.1 Å². The highest BCUT2D eigenvalue weighted by molar-refractivity contribution is 5.49. The second-order valence-corrected chi connectivity index (χ2v) is 3.87. The molecular formula is C14H14FNO. The van der Waals surface area contributed by atoms with Crippen LogP contribution in [-0.2, 0) is 6.61 Å². The summed E-state index contributed by atoms with van der Waals surface area (Å²) < 4.78 is 18.3. The van der Waals surface area contributed by atoms with Crippen molar-refractivity contribution in [3.05, 3.63) is 59.4 Å². The van der Waals surface area contributed by atoms with Gasteiger partial charge in [0, 0.05) is 5.69 Å². The first-order chi connectivity index (χ1) is 8.16. The molecule has 0 aliphatic heterocycles. The molecule has 0 saturated heterocycles. The van der Waals surface area contributed by atoms with Crippen LogP contribution < -0.4 is 10.5 Å². The second-order valence-electron chi connectivity index (χ2n) is 3.87. The molecule has 0 atom stereocenters. The number of ether oxygens (including phenoxy) is 1. The van der Waals surface area contributed by atoms with Crippen LogP contribution in [0.25, 0.3) is 0 Å². The first-order valence-electron chi connectivity index (χ1n) is 5.39. The summed E-state index contributed by atoms with van der Waals surface area (Å²) in [5.41, 5.74) is 8.62. The topological polar surface area (TPSA) is 35.2 Å². The van der Waals surface area contributed by atoms with Crippen LogP contribution in [0.2, 0.25) is 0 Å². The van der Waals surface area contributed by atoms with E-state index in [0.717, 1.165) is 16.8 Å². The zero-order valence-corrected chi connectivity index (χ0v) is 9.61. The zero-order valence-electron chi connectivity index (χ0n) is 9.61. The van der Waals surface area contributed by atoms with E-state index in [1.807, 2.05) is 25.1 Å². The molecule has 2 aromatic carbocycles. The van der Waals surface area contributed by atoms with Crippen molar-refractivity contribution in [3.8, 4) is 5.75 Å². The molecule has 2 aromatic rings. The maximum Gasteiger partial charge on any atom is 0.123 e. The predicted molar refractivity (Wildman–Crippen MR) is 66.3 cm³/mol. The number of anilines is 1. The molecule has 3 heteroatoms. The first-order valence-corrected chi connectivity index (χ1v) is 5.39. The van der Waals surface area contributed by atoms with Crippen LogP contribution in [0.3, 0.4) is 0 Å². The first kappa shape index (κ1) is 11.5. The summed E-state index contributed by atoms with van der Waals surface area (Å²) in [5, 5.41) is 0. The van der Waals surface area contributed by atoms with Crippen LogP contribution in [-0.4, -0.2) is 0 Å². The van der Waals surface area contributed by atoms with Crippen LogP contribution in [0, 0.1) is 12.7 Å². The molecule has 88 valence electrons. The molecule has 0 heterocycles. The summed E-state index contributed by atoms with van der Waals surface area (Å²) >= 11 is 0. The Morgan fingerprint density at radius 1 is 1.12 bits per heavy atom. The van der Waals surface area contributed by atoms with Gasteiger partial charge in [-0.2, -0.15) is 0 Å². The fraction of sp³-hybridized carbons (Fsp3) is 0.143. The minimum absolute atomic E-state index is 0.266. The maximum atomic E-state index is 12.7. The molecule has 0 amide bonds. The number of hydrogen-bond donors (Lipinski definition) is 1. The minimum atomic E-state index is -0.266. The molecule has 2 nitrogen and oxygen atoms in total. The molecule has 0 saturated carbocycles. The van der Waals surface area contributed by atoms with Gasteiger partial charge in [-0.05, 0) is 48.4 Å². The molecule has 17 heavy (non-hydrogen) atoms. The number of rotatable bonds is 3. The monoisotopic (exact) mass is 231 g/mol. The van der Waals surface area contributed by atoms with E-state index in [9.17, 15) is 4.39 Å².